The zero-order chi connectivity index (χ0) is 21.1. The van der Waals surface area contributed by atoms with Crippen molar-refractivity contribution in [2.24, 2.45) is 4.99 Å². The van der Waals surface area contributed by atoms with E-state index in [1.807, 2.05) is 6.07 Å². The molecule has 11 heteroatoms. The first-order valence-electron chi connectivity index (χ1n) is 8.19. The number of nitrogens with zero attached hydrogens (tertiary/aromatic N) is 4. The SMILES string of the molecule is COC(=O)c1cc(OC)cc(C2N=C(NC#N)Nc3nc(N)c(C#N)c(N)c32)c1. The first kappa shape index (κ1) is 19.3. The van der Waals surface area contributed by atoms with E-state index >= 15 is 0 Å². The molecule has 0 aliphatic carbocycles. The molecule has 1 aliphatic rings. The summed E-state index contributed by atoms with van der Waals surface area (Å²) in [6.45, 7) is 0. The second kappa shape index (κ2) is 7.62. The standard InChI is InChI=1S/C18H16N8O3/c1-28-10-4-8(3-9(5-10)17(27)29-2)14-12-13(21)11(6-19)15(22)25-16(12)26-18(24-14)23-7-20/h3-5,14H,1-2H3,(H6,21,22,23,24,25,26). The van der Waals surface area contributed by atoms with Crippen LogP contribution in [0, 0.1) is 22.8 Å². The molecule has 1 aromatic heterocycles. The van der Waals surface area contributed by atoms with Crippen molar-refractivity contribution in [1.82, 2.24) is 10.3 Å². The maximum Gasteiger partial charge on any atom is 0.337 e. The van der Waals surface area contributed by atoms with Crippen molar-refractivity contribution < 1.29 is 14.3 Å². The van der Waals surface area contributed by atoms with Crippen molar-refractivity contribution in [2.45, 2.75) is 6.04 Å². The summed E-state index contributed by atoms with van der Waals surface area (Å²) in [6, 6.07) is 5.85. The predicted molar refractivity (Wildman–Crippen MR) is 104 cm³/mol. The highest BCUT2D eigenvalue weighted by Crippen LogP contribution is 2.41. The van der Waals surface area contributed by atoms with Crippen molar-refractivity contribution in [3.05, 3.63) is 40.5 Å². The van der Waals surface area contributed by atoms with Gasteiger partial charge in [0.05, 0.1) is 25.5 Å². The third-order valence-corrected chi connectivity index (χ3v) is 4.26. The van der Waals surface area contributed by atoms with Crippen LogP contribution in [0.15, 0.2) is 23.2 Å². The van der Waals surface area contributed by atoms with E-state index in [9.17, 15) is 10.1 Å². The van der Waals surface area contributed by atoms with E-state index in [0.717, 1.165) is 0 Å². The topological polar surface area (TPSA) is 184 Å². The molecular weight excluding hydrogens is 376 g/mol. The number of nitriles is 2. The Bertz CT molecular complexity index is 1110. The number of anilines is 3. The number of guanidine groups is 1. The number of nitrogens with one attached hydrogen (secondary N) is 2. The molecule has 29 heavy (non-hydrogen) atoms. The number of esters is 1. The number of pyridine rings is 1. The molecule has 146 valence electrons. The van der Waals surface area contributed by atoms with Gasteiger partial charge in [-0.2, -0.15) is 10.5 Å². The number of ether oxygens (including phenoxy) is 2. The number of carbonyl (C=O) groups excluding carboxylic acids is 1. The summed E-state index contributed by atoms with van der Waals surface area (Å²) in [5.74, 6) is 0.0898. The normalized spacial score (nSPS) is 14.3. The maximum atomic E-state index is 12.1. The van der Waals surface area contributed by atoms with E-state index in [2.05, 4.69) is 20.6 Å². The van der Waals surface area contributed by atoms with Crippen molar-refractivity contribution in [2.75, 3.05) is 31.0 Å². The Morgan fingerprint density at radius 2 is 2.03 bits per heavy atom. The van der Waals surface area contributed by atoms with Gasteiger partial charge in [-0.15, -0.1) is 0 Å². The predicted octanol–water partition coefficient (Wildman–Crippen LogP) is 0.854. The van der Waals surface area contributed by atoms with E-state index < -0.39 is 12.0 Å². The number of benzene rings is 1. The van der Waals surface area contributed by atoms with Gasteiger partial charge in [0.2, 0.25) is 5.96 Å². The number of carbonyl (C=O) groups is 1. The van der Waals surface area contributed by atoms with Crippen molar-refractivity contribution in [1.29, 1.82) is 10.5 Å². The second-order valence-electron chi connectivity index (χ2n) is 5.89. The van der Waals surface area contributed by atoms with Crippen LogP contribution in [0.4, 0.5) is 17.3 Å². The van der Waals surface area contributed by atoms with Crippen LogP contribution in [0.5, 0.6) is 5.75 Å². The van der Waals surface area contributed by atoms with Crippen LogP contribution in [-0.2, 0) is 4.74 Å². The van der Waals surface area contributed by atoms with E-state index in [-0.39, 0.29) is 34.4 Å². The number of nitrogens with two attached hydrogens (primary N) is 2. The van der Waals surface area contributed by atoms with Crippen LogP contribution >= 0.6 is 0 Å². The Labute approximate surface area is 165 Å². The van der Waals surface area contributed by atoms with Gasteiger partial charge in [-0.25, -0.2) is 14.8 Å². The zero-order valence-corrected chi connectivity index (χ0v) is 15.5. The minimum absolute atomic E-state index is 0.0125. The molecule has 1 atom stereocenters. The molecule has 1 aromatic carbocycles. The van der Waals surface area contributed by atoms with Crippen LogP contribution in [-0.4, -0.2) is 31.1 Å². The number of rotatable bonds is 3. The first-order valence-corrected chi connectivity index (χ1v) is 8.19. The second-order valence-corrected chi connectivity index (χ2v) is 5.89. The van der Waals surface area contributed by atoms with E-state index in [1.165, 1.54) is 20.3 Å². The molecule has 0 saturated carbocycles. The highest BCUT2D eigenvalue weighted by Gasteiger charge is 2.30. The third-order valence-electron chi connectivity index (χ3n) is 4.26. The molecule has 11 nitrogen and oxygen atoms in total. The lowest BCUT2D eigenvalue weighted by Gasteiger charge is -2.26. The van der Waals surface area contributed by atoms with Crippen molar-refractivity contribution in [3.63, 3.8) is 0 Å². The highest BCUT2D eigenvalue weighted by atomic mass is 16.5. The van der Waals surface area contributed by atoms with Gasteiger partial charge in [-0.05, 0) is 23.8 Å². The summed E-state index contributed by atoms with van der Waals surface area (Å²) in [4.78, 5) is 20.7. The Kier molecular flexibility index (Phi) is 5.06. The largest absolute Gasteiger partial charge is 0.497 e. The van der Waals surface area contributed by atoms with Crippen molar-refractivity contribution in [3.8, 4) is 18.0 Å². The first-order chi connectivity index (χ1) is 13.9. The molecule has 1 aliphatic heterocycles. The van der Waals surface area contributed by atoms with Gasteiger partial charge < -0.3 is 26.3 Å². The fraction of sp³-hybridized carbons (Fsp3) is 0.167. The lowest BCUT2D eigenvalue weighted by Crippen LogP contribution is -2.32. The van der Waals surface area contributed by atoms with E-state index in [4.69, 9.17) is 26.2 Å². The summed E-state index contributed by atoms with van der Waals surface area (Å²) in [6.07, 6.45) is 1.77. The summed E-state index contributed by atoms with van der Waals surface area (Å²) in [5.41, 5.74) is 13.2. The maximum absolute atomic E-state index is 12.1. The van der Waals surface area contributed by atoms with Crippen molar-refractivity contribution >= 4 is 29.3 Å². The molecule has 2 heterocycles. The van der Waals surface area contributed by atoms with Crippen LogP contribution < -0.4 is 26.8 Å². The van der Waals surface area contributed by atoms with Gasteiger partial charge in [0.25, 0.3) is 0 Å². The highest BCUT2D eigenvalue weighted by molar-refractivity contribution is 5.98. The molecule has 0 fully saturated rings. The van der Waals surface area contributed by atoms with Gasteiger partial charge in [0, 0.05) is 5.56 Å². The summed E-state index contributed by atoms with van der Waals surface area (Å²) in [5, 5.41) is 23.6. The van der Waals surface area contributed by atoms with Gasteiger partial charge in [0.1, 0.15) is 35.1 Å². The lowest BCUT2D eigenvalue weighted by molar-refractivity contribution is 0.0600. The Morgan fingerprint density at radius 3 is 2.66 bits per heavy atom. The van der Waals surface area contributed by atoms with Crippen LogP contribution in [0.2, 0.25) is 0 Å². The molecular formula is C18H16N8O3. The molecule has 0 radical (unpaired) electrons. The number of aliphatic imine (C=N–C) groups is 1. The monoisotopic (exact) mass is 392 g/mol. The Balaban J connectivity index is 2.28. The smallest absolute Gasteiger partial charge is 0.337 e. The number of aromatic nitrogens is 1. The molecule has 0 saturated heterocycles. The minimum Gasteiger partial charge on any atom is -0.497 e. The average Bonchev–Trinajstić information content (AvgIpc) is 2.72. The van der Waals surface area contributed by atoms with Gasteiger partial charge in [-0.3, -0.25) is 5.32 Å². The Hall–Kier alpha value is -4.51. The van der Waals surface area contributed by atoms with E-state index in [1.54, 1.807) is 18.3 Å². The third kappa shape index (κ3) is 3.40. The number of hydrogen-bond acceptors (Lipinski definition) is 11. The van der Waals surface area contributed by atoms with Crippen LogP contribution in [0.25, 0.3) is 0 Å². The quantitative estimate of drug-likeness (QED) is 0.331. The number of fused-ring (bicyclic) bond motifs is 1. The molecule has 0 spiro atoms. The van der Waals surface area contributed by atoms with E-state index in [0.29, 0.717) is 16.9 Å². The number of nitrogen functional groups attached to an aromatic ring is 2. The molecule has 0 bridgehead atoms. The fourth-order valence-corrected chi connectivity index (χ4v) is 2.96. The molecule has 6 N–H and O–H groups in total. The zero-order valence-electron chi connectivity index (χ0n) is 15.5. The number of hydrogen-bond donors (Lipinski definition) is 4. The van der Waals surface area contributed by atoms with Gasteiger partial charge in [-0.1, -0.05) is 0 Å². The lowest BCUT2D eigenvalue weighted by atomic mass is 9.94. The van der Waals surface area contributed by atoms with Gasteiger partial charge >= 0.3 is 5.97 Å². The fourth-order valence-electron chi connectivity index (χ4n) is 2.96. The Morgan fingerprint density at radius 1 is 1.28 bits per heavy atom. The molecule has 3 rings (SSSR count). The average molecular weight is 392 g/mol. The summed E-state index contributed by atoms with van der Waals surface area (Å²) in [7, 11) is 2.71. The minimum atomic E-state index is -0.805. The molecule has 0 amide bonds. The molecule has 2 aromatic rings. The van der Waals surface area contributed by atoms with Crippen LogP contribution in [0.3, 0.4) is 0 Å². The van der Waals surface area contributed by atoms with Gasteiger partial charge in [0.15, 0.2) is 6.19 Å². The molecule has 1 unspecified atom stereocenters. The summed E-state index contributed by atoms with van der Waals surface area (Å²) < 4.78 is 10.1. The van der Waals surface area contributed by atoms with Crippen LogP contribution in [0.1, 0.15) is 33.1 Å². The summed E-state index contributed by atoms with van der Waals surface area (Å²) >= 11 is 0. The number of methoxy groups -OCH3 is 2.